The van der Waals surface area contributed by atoms with Gasteiger partial charge in [-0.2, -0.15) is 4.80 Å². The summed E-state index contributed by atoms with van der Waals surface area (Å²) < 4.78 is 0. The predicted octanol–water partition coefficient (Wildman–Crippen LogP) is 0.273. The number of nitrogens with zero attached hydrogens (tertiary/aromatic N) is 4. The average molecular weight is 125 g/mol. The van der Waals surface area contributed by atoms with E-state index in [1.807, 2.05) is 0 Å². The molecule has 0 amide bonds. The summed E-state index contributed by atoms with van der Waals surface area (Å²) in [4.78, 5) is 1.55. The van der Waals surface area contributed by atoms with Crippen LogP contribution >= 0.6 is 0 Å². The molecule has 0 unspecified atom stereocenters. The first kappa shape index (κ1) is 6.19. The van der Waals surface area contributed by atoms with Crippen molar-refractivity contribution in [2.24, 2.45) is 0 Å². The number of aryl methyl sites for hydroxylation is 1. The molecular weight excluding hydrogens is 116 g/mol. The molecule has 0 aliphatic carbocycles. The summed E-state index contributed by atoms with van der Waals surface area (Å²) in [5.41, 5.74) is 0. The lowest BCUT2D eigenvalue weighted by molar-refractivity contribution is 0.495. The summed E-state index contributed by atoms with van der Waals surface area (Å²) in [5.74, 6) is 0. The number of rotatable bonds is 3. The van der Waals surface area contributed by atoms with E-state index in [-0.39, 0.29) is 0 Å². The van der Waals surface area contributed by atoms with Crippen molar-refractivity contribution in [1.29, 1.82) is 0 Å². The van der Waals surface area contributed by atoms with E-state index in [2.05, 4.69) is 28.7 Å². The van der Waals surface area contributed by atoms with Crippen LogP contribution in [0.5, 0.6) is 0 Å². The van der Waals surface area contributed by atoms with Gasteiger partial charge in [0.05, 0.1) is 6.54 Å². The van der Waals surface area contributed by atoms with Gasteiger partial charge in [0.1, 0.15) is 0 Å². The quantitative estimate of drug-likeness (QED) is 0.582. The van der Waals surface area contributed by atoms with Crippen LogP contribution in [0.2, 0.25) is 0 Å². The van der Waals surface area contributed by atoms with E-state index in [0.717, 1.165) is 19.4 Å². The maximum absolute atomic E-state index is 3.72. The monoisotopic (exact) mass is 125 g/mol. The predicted molar refractivity (Wildman–Crippen MR) is 31.6 cm³/mol. The minimum Gasteiger partial charge on any atom is -0.164 e. The van der Waals surface area contributed by atoms with E-state index in [0.29, 0.717) is 0 Å². The van der Waals surface area contributed by atoms with Gasteiger partial charge in [-0.25, -0.2) is 0 Å². The van der Waals surface area contributed by atoms with E-state index in [1.54, 1.807) is 4.80 Å². The van der Waals surface area contributed by atoms with Crippen LogP contribution in [-0.4, -0.2) is 20.2 Å². The highest BCUT2D eigenvalue weighted by atomic mass is 15.6. The third-order valence-electron chi connectivity index (χ3n) is 1.06. The molecule has 49 valence electrons. The third kappa shape index (κ3) is 1.79. The van der Waals surface area contributed by atoms with Gasteiger partial charge in [0, 0.05) is 0 Å². The fourth-order valence-corrected chi connectivity index (χ4v) is 0.558. The van der Waals surface area contributed by atoms with Gasteiger partial charge in [0.2, 0.25) is 6.33 Å². The van der Waals surface area contributed by atoms with Crippen molar-refractivity contribution in [3.63, 3.8) is 0 Å². The fourth-order valence-electron chi connectivity index (χ4n) is 0.558. The van der Waals surface area contributed by atoms with Gasteiger partial charge in [0.15, 0.2) is 0 Å². The Morgan fingerprint density at radius 2 is 2.44 bits per heavy atom. The Balaban J connectivity index is 2.30. The largest absolute Gasteiger partial charge is 0.245 e. The molecule has 0 saturated heterocycles. The summed E-state index contributed by atoms with van der Waals surface area (Å²) in [6.45, 7) is 2.98. The highest BCUT2D eigenvalue weighted by Crippen LogP contribution is 1.87. The molecule has 4 heteroatoms. The second-order valence-electron chi connectivity index (χ2n) is 1.84. The first-order valence-corrected chi connectivity index (χ1v) is 3.07. The molecule has 0 N–H and O–H groups in total. The summed E-state index contributed by atoms with van der Waals surface area (Å²) in [7, 11) is 0. The molecule has 0 aliphatic rings. The molecule has 1 aromatic heterocycles. The van der Waals surface area contributed by atoms with E-state index < -0.39 is 0 Å². The second-order valence-corrected chi connectivity index (χ2v) is 1.84. The first-order chi connectivity index (χ1) is 4.43. The van der Waals surface area contributed by atoms with Gasteiger partial charge >= 0.3 is 0 Å². The van der Waals surface area contributed by atoms with Crippen LogP contribution in [0.15, 0.2) is 0 Å². The molecule has 0 atom stereocenters. The maximum atomic E-state index is 3.72. The maximum Gasteiger partial charge on any atom is 0.245 e. The Morgan fingerprint density at radius 3 is 3.00 bits per heavy atom. The minimum absolute atomic E-state index is 0.854. The normalized spacial score (nSPS) is 9.89. The van der Waals surface area contributed by atoms with Crippen molar-refractivity contribution in [1.82, 2.24) is 20.2 Å². The molecule has 0 saturated carbocycles. The van der Waals surface area contributed by atoms with Crippen molar-refractivity contribution in [3.05, 3.63) is 6.33 Å². The Morgan fingerprint density at radius 1 is 1.56 bits per heavy atom. The van der Waals surface area contributed by atoms with Crippen LogP contribution in [0.4, 0.5) is 0 Å². The molecular formula is C5H9N4. The SMILES string of the molecule is CCCCn1n[c]nn1. The van der Waals surface area contributed by atoms with E-state index >= 15 is 0 Å². The molecule has 0 spiro atoms. The average Bonchev–Trinajstić information content (AvgIpc) is 2.34. The number of tetrazole rings is 1. The van der Waals surface area contributed by atoms with Crippen molar-refractivity contribution < 1.29 is 0 Å². The van der Waals surface area contributed by atoms with Crippen LogP contribution in [0.25, 0.3) is 0 Å². The molecule has 1 rings (SSSR count). The van der Waals surface area contributed by atoms with Crippen LogP contribution < -0.4 is 0 Å². The van der Waals surface area contributed by atoms with Crippen molar-refractivity contribution in [3.8, 4) is 0 Å². The van der Waals surface area contributed by atoms with Crippen LogP contribution in [0.3, 0.4) is 0 Å². The van der Waals surface area contributed by atoms with Crippen LogP contribution in [0, 0.1) is 6.33 Å². The van der Waals surface area contributed by atoms with E-state index in [4.69, 9.17) is 0 Å². The summed E-state index contributed by atoms with van der Waals surface area (Å²) in [5, 5.41) is 10.8. The number of hydrogen-bond donors (Lipinski definition) is 0. The Kier molecular flexibility index (Phi) is 2.18. The molecule has 1 aromatic rings. The number of hydrogen-bond acceptors (Lipinski definition) is 3. The number of unbranched alkanes of at least 4 members (excludes halogenated alkanes) is 1. The topological polar surface area (TPSA) is 43.6 Å². The summed E-state index contributed by atoms with van der Waals surface area (Å²) >= 11 is 0. The lowest BCUT2D eigenvalue weighted by Gasteiger charge is -1.92. The highest BCUT2D eigenvalue weighted by molar-refractivity contribution is 4.36. The van der Waals surface area contributed by atoms with E-state index in [1.165, 1.54) is 0 Å². The zero-order chi connectivity index (χ0) is 6.53. The van der Waals surface area contributed by atoms with Crippen molar-refractivity contribution in [2.75, 3.05) is 0 Å². The van der Waals surface area contributed by atoms with Gasteiger partial charge in [-0.15, -0.1) is 10.2 Å². The Labute approximate surface area is 53.9 Å². The van der Waals surface area contributed by atoms with Gasteiger partial charge in [-0.3, -0.25) is 0 Å². The van der Waals surface area contributed by atoms with Gasteiger partial charge in [0.25, 0.3) is 0 Å². The Hall–Kier alpha value is -0.930. The van der Waals surface area contributed by atoms with E-state index in [9.17, 15) is 0 Å². The molecule has 0 aromatic carbocycles. The van der Waals surface area contributed by atoms with Crippen LogP contribution in [-0.2, 0) is 6.54 Å². The van der Waals surface area contributed by atoms with Crippen LogP contribution in [0.1, 0.15) is 19.8 Å². The van der Waals surface area contributed by atoms with Gasteiger partial charge in [-0.1, -0.05) is 13.3 Å². The Bertz CT molecular complexity index is 146. The molecule has 0 fully saturated rings. The molecule has 1 heterocycles. The number of aromatic nitrogens is 4. The highest BCUT2D eigenvalue weighted by Gasteiger charge is 1.89. The lowest BCUT2D eigenvalue weighted by atomic mass is 10.3. The summed E-state index contributed by atoms with van der Waals surface area (Å²) in [6.07, 6.45) is 4.65. The molecule has 0 bridgehead atoms. The smallest absolute Gasteiger partial charge is 0.164 e. The minimum atomic E-state index is 0.854. The summed E-state index contributed by atoms with van der Waals surface area (Å²) in [6, 6.07) is 0. The molecule has 0 aliphatic heterocycles. The molecule has 1 radical (unpaired) electrons. The standard InChI is InChI=1S/C5H9N4/c1-2-3-4-9-7-5-6-8-9/h2-4H2,1H3. The molecule has 9 heavy (non-hydrogen) atoms. The fraction of sp³-hybridized carbons (Fsp3) is 0.800. The zero-order valence-electron chi connectivity index (χ0n) is 5.41. The third-order valence-corrected chi connectivity index (χ3v) is 1.06. The lowest BCUT2D eigenvalue weighted by Crippen LogP contribution is -2.01. The molecule has 4 nitrogen and oxygen atoms in total. The van der Waals surface area contributed by atoms with Gasteiger partial charge in [-0.05, 0) is 11.6 Å². The van der Waals surface area contributed by atoms with Gasteiger partial charge < -0.3 is 0 Å². The van der Waals surface area contributed by atoms with Crippen molar-refractivity contribution in [2.45, 2.75) is 26.3 Å². The first-order valence-electron chi connectivity index (χ1n) is 3.07. The second kappa shape index (κ2) is 3.17. The zero-order valence-corrected chi connectivity index (χ0v) is 5.41. The van der Waals surface area contributed by atoms with Crippen molar-refractivity contribution >= 4 is 0 Å².